The Balaban J connectivity index is 1.25. The van der Waals surface area contributed by atoms with Crippen molar-refractivity contribution < 1.29 is 9.59 Å². The average Bonchev–Trinajstić information content (AvgIpc) is 3.23. The molecule has 0 radical (unpaired) electrons. The summed E-state index contributed by atoms with van der Waals surface area (Å²) < 4.78 is 1.07. The zero-order valence-corrected chi connectivity index (χ0v) is 18.9. The lowest BCUT2D eigenvalue weighted by Gasteiger charge is -2.44. The summed E-state index contributed by atoms with van der Waals surface area (Å²) in [5.41, 5.74) is 2.41. The van der Waals surface area contributed by atoms with Crippen LogP contribution in [0.2, 0.25) is 0 Å². The number of carbonyl (C=O) groups excluding carboxylic acids is 2. The highest BCUT2D eigenvalue weighted by Gasteiger charge is 2.35. The maximum absolute atomic E-state index is 13.0. The first kappa shape index (κ1) is 21.1. The molecular weight excluding hydrogens is 416 g/mol. The number of ketones is 2. The van der Waals surface area contributed by atoms with E-state index in [-0.39, 0.29) is 11.6 Å². The lowest BCUT2D eigenvalue weighted by molar-refractivity contribution is -0.117. The van der Waals surface area contributed by atoms with Crippen LogP contribution in [0.4, 0.5) is 0 Å². The maximum atomic E-state index is 13.0. The number of nitrogens with zero attached hydrogens (tertiary/aromatic N) is 2. The molecule has 4 nitrogen and oxygen atoms in total. The fraction of sp³-hybridized carbons (Fsp3) is 0.370. The molecule has 3 saturated heterocycles. The van der Waals surface area contributed by atoms with Gasteiger partial charge in [0.2, 0.25) is 0 Å². The van der Waals surface area contributed by atoms with Gasteiger partial charge in [-0.3, -0.25) is 9.59 Å². The summed E-state index contributed by atoms with van der Waals surface area (Å²) in [6, 6.07) is 17.4. The summed E-state index contributed by atoms with van der Waals surface area (Å²) >= 11 is 1.55. The van der Waals surface area contributed by atoms with Crippen LogP contribution in [-0.4, -0.2) is 36.1 Å². The summed E-state index contributed by atoms with van der Waals surface area (Å²) in [5.74, 6) is 1.60. The topological polar surface area (TPSA) is 61.2 Å². The van der Waals surface area contributed by atoms with E-state index in [1.165, 1.54) is 25.9 Å². The molecule has 2 aromatic carbocycles. The molecule has 2 bridgehead atoms. The number of hydrogen-bond acceptors (Lipinski definition) is 5. The van der Waals surface area contributed by atoms with Crippen molar-refractivity contribution in [3.8, 4) is 6.07 Å². The van der Waals surface area contributed by atoms with Crippen LogP contribution in [-0.2, 0) is 17.6 Å². The molecule has 0 aliphatic carbocycles. The predicted molar refractivity (Wildman–Crippen MR) is 127 cm³/mol. The van der Waals surface area contributed by atoms with Crippen molar-refractivity contribution in [3.63, 3.8) is 0 Å². The minimum atomic E-state index is 0.120. The lowest BCUT2D eigenvalue weighted by Crippen LogP contribution is -2.47. The van der Waals surface area contributed by atoms with E-state index in [0.29, 0.717) is 36.7 Å². The molecule has 32 heavy (non-hydrogen) atoms. The average molecular weight is 443 g/mol. The van der Waals surface area contributed by atoms with E-state index in [1.807, 2.05) is 30.3 Å². The van der Waals surface area contributed by atoms with Crippen LogP contribution in [0.3, 0.4) is 0 Å². The van der Waals surface area contributed by atoms with Gasteiger partial charge < -0.3 is 4.90 Å². The van der Waals surface area contributed by atoms with Crippen LogP contribution in [0.15, 0.2) is 48.5 Å². The van der Waals surface area contributed by atoms with Crippen molar-refractivity contribution in [2.75, 3.05) is 19.6 Å². The first-order valence-corrected chi connectivity index (χ1v) is 12.2. The fourth-order valence-corrected chi connectivity index (χ4v) is 6.32. The molecule has 3 aliphatic heterocycles. The van der Waals surface area contributed by atoms with E-state index < -0.39 is 0 Å². The van der Waals surface area contributed by atoms with Crippen molar-refractivity contribution in [2.24, 2.45) is 11.8 Å². The third kappa shape index (κ3) is 4.53. The second-order valence-corrected chi connectivity index (χ2v) is 10.3. The van der Waals surface area contributed by atoms with Gasteiger partial charge in [0.1, 0.15) is 5.78 Å². The molecular formula is C27H26N2O2S. The minimum absolute atomic E-state index is 0.120. The number of fused-ring (bicyclic) bond motifs is 4. The van der Waals surface area contributed by atoms with Crippen molar-refractivity contribution in [1.82, 2.24) is 4.90 Å². The molecule has 3 aromatic rings. The number of carbonyl (C=O) groups is 2. The normalized spacial score (nSPS) is 22.0. The van der Waals surface area contributed by atoms with Gasteiger partial charge in [0, 0.05) is 30.5 Å². The Morgan fingerprint density at radius 3 is 2.53 bits per heavy atom. The molecule has 0 amide bonds. The predicted octanol–water partition coefficient (Wildman–Crippen LogP) is 5.04. The summed E-state index contributed by atoms with van der Waals surface area (Å²) in [4.78, 5) is 28.9. The Hall–Kier alpha value is -2.81. The Morgan fingerprint density at radius 1 is 1.03 bits per heavy atom. The van der Waals surface area contributed by atoms with Gasteiger partial charge in [0.05, 0.1) is 16.5 Å². The second kappa shape index (κ2) is 8.97. The molecule has 0 spiro atoms. The van der Waals surface area contributed by atoms with Crippen molar-refractivity contribution in [1.29, 1.82) is 5.26 Å². The Kier molecular flexibility index (Phi) is 5.91. The highest BCUT2D eigenvalue weighted by Crippen LogP contribution is 2.36. The van der Waals surface area contributed by atoms with E-state index in [0.717, 1.165) is 32.6 Å². The van der Waals surface area contributed by atoms with Gasteiger partial charge in [-0.15, -0.1) is 11.3 Å². The van der Waals surface area contributed by atoms with Gasteiger partial charge in [0.15, 0.2) is 5.78 Å². The first-order valence-electron chi connectivity index (χ1n) is 11.4. The van der Waals surface area contributed by atoms with Crippen LogP contribution in [0.5, 0.6) is 0 Å². The summed E-state index contributed by atoms with van der Waals surface area (Å²) in [7, 11) is 0. The molecule has 1 atom stereocenters. The van der Waals surface area contributed by atoms with Crippen molar-refractivity contribution in [3.05, 3.63) is 70.1 Å². The maximum Gasteiger partial charge on any atom is 0.173 e. The largest absolute Gasteiger partial charge is 0.303 e. The van der Waals surface area contributed by atoms with Crippen LogP contribution in [0.1, 0.15) is 45.6 Å². The van der Waals surface area contributed by atoms with Gasteiger partial charge in [-0.05, 0) is 78.5 Å². The summed E-state index contributed by atoms with van der Waals surface area (Å²) in [6.45, 7) is 3.47. The highest BCUT2D eigenvalue weighted by molar-refractivity contribution is 7.20. The first-order chi connectivity index (χ1) is 15.6. The third-order valence-corrected chi connectivity index (χ3v) is 8.10. The summed E-state index contributed by atoms with van der Waals surface area (Å²) in [5, 5.41) is 10.1. The lowest BCUT2D eigenvalue weighted by atomic mass is 9.76. The SMILES string of the molecule is N#Cc1cccc(CC(=O)Cc2ccc3cc(C(=O)C[C@H]4CN5CCC4CC5)sc3c2)c1. The molecule has 0 N–H and O–H groups in total. The minimum Gasteiger partial charge on any atom is -0.303 e. The molecule has 0 unspecified atom stereocenters. The zero-order chi connectivity index (χ0) is 22.1. The zero-order valence-electron chi connectivity index (χ0n) is 18.0. The van der Waals surface area contributed by atoms with E-state index in [2.05, 4.69) is 17.0 Å². The third-order valence-electron chi connectivity index (χ3n) is 6.96. The van der Waals surface area contributed by atoms with Crippen molar-refractivity contribution >= 4 is 33.0 Å². The van der Waals surface area contributed by atoms with Gasteiger partial charge >= 0.3 is 0 Å². The van der Waals surface area contributed by atoms with Gasteiger partial charge in [0.25, 0.3) is 0 Å². The molecule has 4 heterocycles. The number of rotatable bonds is 7. The number of thiophene rings is 1. The molecule has 162 valence electrons. The quantitative estimate of drug-likeness (QED) is 0.481. The van der Waals surface area contributed by atoms with Crippen molar-refractivity contribution in [2.45, 2.75) is 32.1 Å². The molecule has 6 rings (SSSR count). The number of Topliss-reactive ketones (excluding diaryl/α,β-unsaturated/α-hetero) is 2. The number of hydrogen-bond donors (Lipinski definition) is 0. The van der Waals surface area contributed by atoms with Crippen LogP contribution in [0.25, 0.3) is 10.1 Å². The molecule has 3 aliphatic rings. The Labute approximate surface area is 192 Å². The van der Waals surface area contributed by atoms with Gasteiger partial charge in [-0.1, -0.05) is 24.3 Å². The van der Waals surface area contributed by atoms with E-state index in [9.17, 15) is 9.59 Å². The fourth-order valence-electron chi connectivity index (χ4n) is 5.25. The standard InChI is InChI=1S/C27H26N2O2S/c28-16-20-3-1-2-18(10-20)11-24(30)12-19-4-5-22-15-27(32-26(22)13-19)25(31)14-23-17-29-8-6-21(23)7-9-29/h1-5,10,13,15,21,23H,6-9,11-12,14,17H2/t23-/m0/s1. The van der Waals surface area contributed by atoms with E-state index in [4.69, 9.17) is 5.26 Å². The number of piperidine rings is 3. The highest BCUT2D eigenvalue weighted by atomic mass is 32.1. The molecule has 1 aromatic heterocycles. The van der Waals surface area contributed by atoms with Crippen LogP contribution < -0.4 is 0 Å². The van der Waals surface area contributed by atoms with Gasteiger partial charge in [-0.25, -0.2) is 0 Å². The van der Waals surface area contributed by atoms with E-state index in [1.54, 1.807) is 23.5 Å². The van der Waals surface area contributed by atoms with E-state index >= 15 is 0 Å². The molecule has 3 fully saturated rings. The molecule has 0 saturated carbocycles. The Morgan fingerprint density at radius 2 is 1.81 bits per heavy atom. The smallest absolute Gasteiger partial charge is 0.173 e. The Bertz CT molecular complexity index is 1210. The van der Waals surface area contributed by atoms with Crippen LogP contribution in [0, 0.1) is 23.2 Å². The number of nitriles is 1. The number of benzene rings is 2. The summed E-state index contributed by atoms with van der Waals surface area (Å²) in [6.07, 6.45) is 3.81. The monoisotopic (exact) mass is 442 g/mol. The van der Waals surface area contributed by atoms with Gasteiger partial charge in [-0.2, -0.15) is 5.26 Å². The molecule has 5 heteroatoms. The second-order valence-electron chi connectivity index (χ2n) is 9.21. The van der Waals surface area contributed by atoms with Crippen LogP contribution >= 0.6 is 11.3 Å².